The molecular weight excluding hydrogens is 323 g/mol. The number of furan rings is 1. The first-order valence-corrected chi connectivity index (χ1v) is 8.42. The van der Waals surface area contributed by atoms with E-state index in [-0.39, 0.29) is 29.0 Å². The van der Waals surface area contributed by atoms with Crippen LogP contribution in [0.1, 0.15) is 29.0 Å². The van der Waals surface area contributed by atoms with Crippen LogP contribution >= 0.6 is 0 Å². The summed E-state index contributed by atoms with van der Waals surface area (Å²) in [7, 11) is 0. The van der Waals surface area contributed by atoms with Gasteiger partial charge in [-0.3, -0.25) is 9.59 Å². The van der Waals surface area contributed by atoms with Gasteiger partial charge in [0.05, 0.1) is 12.8 Å². The molecule has 1 spiro atoms. The lowest BCUT2D eigenvalue weighted by molar-refractivity contribution is -0.123. The van der Waals surface area contributed by atoms with Gasteiger partial charge < -0.3 is 14.6 Å². The fourth-order valence-corrected chi connectivity index (χ4v) is 3.72. The van der Waals surface area contributed by atoms with Crippen LogP contribution in [0.5, 0.6) is 0 Å². The Morgan fingerprint density at radius 2 is 2.08 bits per heavy atom. The zero-order valence-electron chi connectivity index (χ0n) is 13.7. The molecule has 5 nitrogen and oxygen atoms in total. The van der Waals surface area contributed by atoms with Crippen molar-refractivity contribution in [2.24, 2.45) is 11.3 Å². The van der Waals surface area contributed by atoms with Gasteiger partial charge in [-0.15, -0.1) is 0 Å². The van der Waals surface area contributed by atoms with Gasteiger partial charge in [-0.2, -0.15) is 0 Å². The van der Waals surface area contributed by atoms with E-state index < -0.39 is 0 Å². The van der Waals surface area contributed by atoms with Crippen LogP contribution in [-0.2, 0) is 11.3 Å². The molecule has 1 aliphatic carbocycles. The number of hydrogen-bond donors (Lipinski definition) is 1. The van der Waals surface area contributed by atoms with E-state index in [0.717, 1.165) is 18.6 Å². The summed E-state index contributed by atoms with van der Waals surface area (Å²) in [5, 5.41) is 2.90. The highest BCUT2D eigenvalue weighted by molar-refractivity contribution is 5.94. The number of likely N-dealkylation sites (tertiary alicyclic amines) is 1. The summed E-state index contributed by atoms with van der Waals surface area (Å²) in [5.74, 6) is 0.243. The van der Waals surface area contributed by atoms with E-state index in [1.54, 1.807) is 17.2 Å². The maximum Gasteiger partial charge on any atom is 0.253 e. The fraction of sp³-hybridized carbons (Fsp3) is 0.368. The molecule has 1 aliphatic heterocycles. The van der Waals surface area contributed by atoms with Crippen LogP contribution in [0.4, 0.5) is 4.39 Å². The van der Waals surface area contributed by atoms with Crippen molar-refractivity contribution in [2.75, 3.05) is 13.1 Å². The molecule has 2 heterocycles. The summed E-state index contributed by atoms with van der Waals surface area (Å²) >= 11 is 0. The van der Waals surface area contributed by atoms with Crippen LogP contribution in [0.15, 0.2) is 47.1 Å². The molecule has 1 aromatic carbocycles. The predicted octanol–water partition coefficient (Wildman–Crippen LogP) is 2.59. The molecule has 2 aliphatic rings. The van der Waals surface area contributed by atoms with Gasteiger partial charge in [0.2, 0.25) is 5.91 Å². The van der Waals surface area contributed by atoms with E-state index in [4.69, 9.17) is 4.42 Å². The number of hydrogen-bond acceptors (Lipinski definition) is 3. The van der Waals surface area contributed by atoms with Crippen molar-refractivity contribution < 1.29 is 18.4 Å². The first kappa shape index (κ1) is 15.9. The number of rotatable bonds is 4. The second-order valence-corrected chi connectivity index (χ2v) is 6.90. The average Bonchev–Trinajstić information content (AvgIpc) is 2.96. The van der Waals surface area contributed by atoms with Crippen LogP contribution in [0, 0.1) is 17.2 Å². The number of amides is 2. The van der Waals surface area contributed by atoms with E-state index in [1.807, 2.05) is 6.07 Å². The molecule has 2 fully saturated rings. The quantitative estimate of drug-likeness (QED) is 0.929. The zero-order valence-corrected chi connectivity index (χ0v) is 13.7. The second-order valence-electron chi connectivity index (χ2n) is 6.90. The lowest BCUT2D eigenvalue weighted by atomic mass is 10.0. The third kappa shape index (κ3) is 3.04. The first-order chi connectivity index (χ1) is 12.1. The molecule has 130 valence electrons. The number of nitrogens with one attached hydrogen (secondary N) is 1. The van der Waals surface area contributed by atoms with E-state index in [1.165, 1.54) is 24.3 Å². The number of halogens is 1. The molecule has 0 radical (unpaired) electrons. The highest BCUT2D eigenvalue weighted by Crippen LogP contribution is 2.58. The summed E-state index contributed by atoms with van der Waals surface area (Å²) in [6.45, 7) is 1.61. The van der Waals surface area contributed by atoms with Crippen molar-refractivity contribution in [1.82, 2.24) is 10.2 Å². The Balaban J connectivity index is 1.34. The molecule has 1 saturated carbocycles. The van der Waals surface area contributed by atoms with Crippen molar-refractivity contribution in [2.45, 2.75) is 19.4 Å². The summed E-state index contributed by atoms with van der Waals surface area (Å²) in [6, 6.07) is 9.20. The van der Waals surface area contributed by atoms with Gasteiger partial charge in [-0.05, 0) is 49.2 Å². The Labute approximate surface area is 144 Å². The maximum atomic E-state index is 13.0. The van der Waals surface area contributed by atoms with Crippen LogP contribution in [0.3, 0.4) is 0 Å². The van der Waals surface area contributed by atoms with Gasteiger partial charge in [0.15, 0.2) is 0 Å². The predicted molar refractivity (Wildman–Crippen MR) is 88.0 cm³/mol. The Bertz CT molecular complexity index is 788. The Kier molecular flexibility index (Phi) is 3.82. The van der Waals surface area contributed by atoms with Crippen molar-refractivity contribution in [1.29, 1.82) is 0 Å². The maximum absolute atomic E-state index is 13.0. The van der Waals surface area contributed by atoms with Gasteiger partial charge in [0.1, 0.15) is 11.6 Å². The van der Waals surface area contributed by atoms with Gasteiger partial charge in [-0.1, -0.05) is 0 Å². The monoisotopic (exact) mass is 342 g/mol. The average molecular weight is 342 g/mol. The van der Waals surface area contributed by atoms with Crippen molar-refractivity contribution in [3.05, 3.63) is 59.8 Å². The third-order valence-corrected chi connectivity index (χ3v) is 5.29. The van der Waals surface area contributed by atoms with Gasteiger partial charge in [0, 0.05) is 30.0 Å². The molecule has 4 rings (SSSR count). The lowest BCUT2D eigenvalue weighted by Gasteiger charge is -2.16. The van der Waals surface area contributed by atoms with Crippen LogP contribution < -0.4 is 5.32 Å². The van der Waals surface area contributed by atoms with E-state index in [0.29, 0.717) is 25.2 Å². The molecule has 1 aromatic heterocycles. The SMILES string of the molecule is O=C(NCc1ccco1)C1CC12CCN(C(=O)c1ccc(F)cc1)C2. The number of nitrogens with zero attached hydrogens (tertiary/aromatic N) is 1. The summed E-state index contributed by atoms with van der Waals surface area (Å²) < 4.78 is 18.2. The largest absolute Gasteiger partial charge is 0.467 e. The Hall–Kier alpha value is -2.63. The Morgan fingerprint density at radius 3 is 2.80 bits per heavy atom. The molecule has 1 N–H and O–H groups in total. The summed E-state index contributed by atoms with van der Waals surface area (Å²) in [4.78, 5) is 26.6. The number of carbonyl (C=O) groups is 2. The topological polar surface area (TPSA) is 62.6 Å². The zero-order chi connectivity index (χ0) is 17.4. The normalized spacial score (nSPS) is 24.5. The highest BCUT2D eigenvalue weighted by Gasteiger charge is 2.61. The minimum absolute atomic E-state index is 0.0208. The Morgan fingerprint density at radius 1 is 1.28 bits per heavy atom. The molecule has 1 saturated heterocycles. The molecule has 6 heteroatoms. The van der Waals surface area contributed by atoms with E-state index >= 15 is 0 Å². The molecule has 2 aromatic rings. The number of carbonyl (C=O) groups excluding carboxylic acids is 2. The van der Waals surface area contributed by atoms with Crippen LogP contribution in [0.2, 0.25) is 0 Å². The molecular formula is C19H19FN2O3. The fourth-order valence-electron chi connectivity index (χ4n) is 3.72. The van der Waals surface area contributed by atoms with Gasteiger partial charge in [-0.25, -0.2) is 4.39 Å². The minimum Gasteiger partial charge on any atom is -0.467 e. The van der Waals surface area contributed by atoms with Crippen LogP contribution in [-0.4, -0.2) is 29.8 Å². The smallest absolute Gasteiger partial charge is 0.253 e. The standard InChI is InChI=1S/C19H19FN2O3/c20-14-5-3-13(4-6-14)18(24)22-8-7-19(12-22)10-16(19)17(23)21-11-15-2-1-9-25-15/h1-6,9,16H,7-8,10-12H2,(H,21,23). The molecule has 2 atom stereocenters. The minimum atomic E-state index is -0.357. The number of benzene rings is 1. The molecule has 2 unspecified atom stereocenters. The lowest BCUT2D eigenvalue weighted by Crippen LogP contribution is -2.31. The van der Waals surface area contributed by atoms with Crippen molar-refractivity contribution in [3.63, 3.8) is 0 Å². The first-order valence-electron chi connectivity index (χ1n) is 8.42. The van der Waals surface area contributed by atoms with Gasteiger partial charge in [0.25, 0.3) is 5.91 Å². The summed E-state index contributed by atoms with van der Waals surface area (Å²) in [5.41, 5.74) is 0.390. The summed E-state index contributed by atoms with van der Waals surface area (Å²) in [6.07, 6.45) is 3.22. The molecule has 0 bridgehead atoms. The molecule has 2 amide bonds. The van der Waals surface area contributed by atoms with Crippen molar-refractivity contribution in [3.8, 4) is 0 Å². The highest BCUT2D eigenvalue weighted by atomic mass is 19.1. The van der Waals surface area contributed by atoms with E-state index in [9.17, 15) is 14.0 Å². The second kappa shape index (κ2) is 6.02. The van der Waals surface area contributed by atoms with Crippen LogP contribution in [0.25, 0.3) is 0 Å². The van der Waals surface area contributed by atoms with E-state index in [2.05, 4.69) is 5.32 Å². The third-order valence-electron chi connectivity index (χ3n) is 5.29. The molecule has 25 heavy (non-hydrogen) atoms. The van der Waals surface area contributed by atoms with Gasteiger partial charge >= 0.3 is 0 Å². The van der Waals surface area contributed by atoms with Crippen molar-refractivity contribution >= 4 is 11.8 Å².